The summed E-state index contributed by atoms with van der Waals surface area (Å²) in [6.45, 7) is 9.20. The molecule has 2 rings (SSSR count). The number of hydrogen-bond acceptors (Lipinski definition) is 5. The number of fused-ring (bicyclic) bond motifs is 1. The highest BCUT2D eigenvalue weighted by Crippen LogP contribution is 2.38. The molecule has 0 saturated heterocycles. The van der Waals surface area contributed by atoms with Gasteiger partial charge in [-0.3, -0.25) is 0 Å². The van der Waals surface area contributed by atoms with E-state index in [4.69, 9.17) is 18.6 Å². The molecule has 0 radical (unpaired) electrons. The summed E-state index contributed by atoms with van der Waals surface area (Å²) in [6.07, 6.45) is 12.2. The van der Waals surface area contributed by atoms with E-state index in [9.17, 15) is 4.79 Å². The third kappa shape index (κ3) is 7.35. The fourth-order valence-electron chi connectivity index (χ4n) is 3.09. The lowest BCUT2D eigenvalue weighted by molar-refractivity contribution is 0.307. The first-order chi connectivity index (χ1) is 15.0. The third-order valence-corrected chi connectivity index (χ3v) is 4.71. The van der Waals surface area contributed by atoms with E-state index in [2.05, 4.69) is 45.9 Å². The first-order valence-corrected chi connectivity index (χ1v) is 10.8. The summed E-state index contributed by atoms with van der Waals surface area (Å²) in [7, 11) is 1.43. The predicted octanol–water partition coefficient (Wildman–Crippen LogP) is 6.61. The second-order valence-corrected chi connectivity index (χ2v) is 7.58. The Bertz CT molecular complexity index is 991. The highest BCUT2D eigenvalue weighted by molar-refractivity contribution is 5.91. The molecule has 0 unspecified atom stereocenters. The van der Waals surface area contributed by atoms with Crippen molar-refractivity contribution in [2.24, 2.45) is 0 Å². The summed E-state index contributed by atoms with van der Waals surface area (Å²) in [5.41, 5.74) is 2.38. The van der Waals surface area contributed by atoms with Gasteiger partial charge in [0.25, 0.3) is 0 Å². The Hall–Kier alpha value is -2.95. The summed E-state index contributed by atoms with van der Waals surface area (Å²) in [4.78, 5) is 12.4. The lowest BCUT2D eigenvalue weighted by Crippen LogP contribution is -2.09. The quantitative estimate of drug-likeness (QED) is 0.217. The molecule has 0 aliphatic rings. The zero-order valence-electron chi connectivity index (χ0n) is 19.3. The Kier molecular flexibility index (Phi) is 9.95. The van der Waals surface area contributed by atoms with Crippen LogP contribution >= 0.6 is 0 Å². The molecular formula is C26H34O5. The van der Waals surface area contributed by atoms with E-state index in [1.54, 1.807) is 12.1 Å². The summed E-state index contributed by atoms with van der Waals surface area (Å²) >= 11 is 0. The van der Waals surface area contributed by atoms with E-state index in [1.165, 1.54) is 18.3 Å². The predicted molar refractivity (Wildman–Crippen MR) is 126 cm³/mol. The SMILES string of the molecule is CC/C=C/CCOc1cccc2oc(=O)c(OC)c(OC/C=C(\C)CCC=C(C)C)c12. The fourth-order valence-corrected chi connectivity index (χ4v) is 3.09. The number of ether oxygens (including phenoxy) is 3. The number of benzene rings is 1. The molecule has 1 heterocycles. The Labute approximate surface area is 185 Å². The van der Waals surface area contributed by atoms with Crippen LogP contribution in [0, 0.1) is 0 Å². The first kappa shape index (κ1) is 24.3. The van der Waals surface area contributed by atoms with E-state index in [0.29, 0.717) is 35.7 Å². The minimum atomic E-state index is -0.572. The molecule has 1 aromatic carbocycles. The number of allylic oxidation sites excluding steroid dienone is 4. The van der Waals surface area contributed by atoms with Crippen molar-refractivity contribution in [3.05, 3.63) is 64.1 Å². The van der Waals surface area contributed by atoms with Crippen LogP contribution in [0.25, 0.3) is 11.0 Å². The van der Waals surface area contributed by atoms with Crippen molar-refractivity contribution >= 4 is 11.0 Å². The molecule has 0 bridgehead atoms. The molecule has 0 aliphatic heterocycles. The smallest absolute Gasteiger partial charge is 0.383 e. The molecule has 5 nitrogen and oxygen atoms in total. The molecular weight excluding hydrogens is 392 g/mol. The normalized spacial score (nSPS) is 11.7. The summed E-state index contributed by atoms with van der Waals surface area (Å²) in [5.74, 6) is 0.996. The molecule has 0 N–H and O–H groups in total. The van der Waals surface area contributed by atoms with Crippen LogP contribution in [0.15, 0.2) is 62.9 Å². The first-order valence-electron chi connectivity index (χ1n) is 10.8. The molecule has 0 atom stereocenters. The summed E-state index contributed by atoms with van der Waals surface area (Å²) in [5, 5.41) is 0.606. The molecule has 0 aliphatic carbocycles. The van der Waals surface area contributed by atoms with Gasteiger partial charge in [0.05, 0.1) is 13.7 Å². The van der Waals surface area contributed by atoms with Crippen LogP contribution < -0.4 is 19.8 Å². The number of methoxy groups -OCH3 is 1. The van der Waals surface area contributed by atoms with Gasteiger partial charge >= 0.3 is 5.63 Å². The fraction of sp³-hybridized carbons (Fsp3) is 0.423. The lowest BCUT2D eigenvalue weighted by atomic mass is 10.1. The van der Waals surface area contributed by atoms with Crippen LogP contribution in [0.3, 0.4) is 0 Å². The van der Waals surface area contributed by atoms with Gasteiger partial charge in [-0.25, -0.2) is 4.79 Å². The van der Waals surface area contributed by atoms with Crippen LogP contribution in [-0.2, 0) is 0 Å². The zero-order valence-corrected chi connectivity index (χ0v) is 19.3. The van der Waals surface area contributed by atoms with Crippen LogP contribution in [0.1, 0.15) is 53.4 Å². The largest absolute Gasteiger partial charge is 0.492 e. The highest BCUT2D eigenvalue weighted by Gasteiger charge is 2.20. The van der Waals surface area contributed by atoms with Crippen LogP contribution in [-0.4, -0.2) is 20.3 Å². The Morgan fingerprint density at radius 3 is 2.55 bits per heavy atom. The maximum atomic E-state index is 12.4. The van der Waals surface area contributed by atoms with Gasteiger partial charge in [0.15, 0.2) is 5.75 Å². The van der Waals surface area contributed by atoms with Gasteiger partial charge in [0.2, 0.25) is 5.75 Å². The monoisotopic (exact) mass is 426 g/mol. The molecule has 5 heteroatoms. The Morgan fingerprint density at radius 1 is 1.03 bits per heavy atom. The minimum absolute atomic E-state index is 0.0463. The number of hydrogen-bond donors (Lipinski definition) is 0. The van der Waals surface area contributed by atoms with E-state index in [-0.39, 0.29) is 5.75 Å². The van der Waals surface area contributed by atoms with Gasteiger partial charge in [-0.2, -0.15) is 0 Å². The molecule has 0 spiro atoms. The maximum absolute atomic E-state index is 12.4. The Morgan fingerprint density at radius 2 is 1.84 bits per heavy atom. The average molecular weight is 427 g/mol. The summed E-state index contributed by atoms with van der Waals surface area (Å²) < 4.78 is 22.8. The van der Waals surface area contributed by atoms with Gasteiger partial charge in [-0.05, 0) is 64.7 Å². The summed E-state index contributed by atoms with van der Waals surface area (Å²) in [6, 6.07) is 5.37. The Balaban J connectivity index is 2.28. The van der Waals surface area contributed by atoms with Crippen molar-refractivity contribution in [1.29, 1.82) is 0 Å². The minimum Gasteiger partial charge on any atom is -0.492 e. The molecule has 2 aromatic rings. The zero-order chi connectivity index (χ0) is 22.6. The van der Waals surface area contributed by atoms with Crippen molar-refractivity contribution in [2.75, 3.05) is 20.3 Å². The van der Waals surface area contributed by atoms with E-state index < -0.39 is 5.63 Å². The van der Waals surface area contributed by atoms with Crippen molar-refractivity contribution in [2.45, 2.75) is 53.4 Å². The van der Waals surface area contributed by atoms with Crippen LogP contribution in [0.4, 0.5) is 0 Å². The van der Waals surface area contributed by atoms with E-state index in [1.807, 2.05) is 12.1 Å². The second kappa shape index (κ2) is 12.7. The van der Waals surface area contributed by atoms with Crippen LogP contribution in [0.2, 0.25) is 0 Å². The van der Waals surface area contributed by atoms with E-state index >= 15 is 0 Å². The standard InChI is InChI=1S/C26H34O5/c1-6-7-8-9-17-29-21-14-11-15-22-23(21)24(25(28-5)26(27)31-22)30-18-16-20(4)13-10-12-19(2)3/h7-8,11-12,14-16H,6,9-10,13,17-18H2,1-5H3/b8-7+,20-16+. The molecule has 168 valence electrons. The lowest BCUT2D eigenvalue weighted by Gasteiger charge is -2.14. The van der Waals surface area contributed by atoms with Crippen LogP contribution in [0.5, 0.6) is 17.2 Å². The van der Waals surface area contributed by atoms with Gasteiger partial charge in [0.1, 0.15) is 23.3 Å². The van der Waals surface area contributed by atoms with Gasteiger partial charge in [-0.1, -0.05) is 42.4 Å². The van der Waals surface area contributed by atoms with Crippen molar-refractivity contribution < 1.29 is 18.6 Å². The van der Waals surface area contributed by atoms with Crippen molar-refractivity contribution in [1.82, 2.24) is 0 Å². The maximum Gasteiger partial charge on any atom is 0.383 e. The molecule has 1 aromatic heterocycles. The second-order valence-electron chi connectivity index (χ2n) is 7.58. The van der Waals surface area contributed by atoms with Crippen molar-refractivity contribution in [3.63, 3.8) is 0 Å². The van der Waals surface area contributed by atoms with Gasteiger partial charge in [-0.15, -0.1) is 0 Å². The molecule has 31 heavy (non-hydrogen) atoms. The molecule has 0 saturated carbocycles. The highest BCUT2D eigenvalue weighted by atomic mass is 16.5. The molecule has 0 fully saturated rings. The average Bonchev–Trinajstić information content (AvgIpc) is 2.73. The number of rotatable bonds is 12. The topological polar surface area (TPSA) is 57.9 Å². The van der Waals surface area contributed by atoms with E-state index in [0.717, 1.165) is 25.7 Å². The third-order valence-electron chi connectivity index (χ3n) is 4.71. The van der Waals surface area contributed by atoms with Crippen molar-refractivity contribution in [3.8, 4) is 17.2 Å². The molecule has 0 amide bonds. The van der Waals surface area contributed by atoms with Gasteiger partial charge < -0.3 is 18.6 Å². The van der Waals surface area contributed by atoms with Gasteiger partial charge in [0, 0.05) is 0 Å².